The highest BCUT2D eigenvalue weighted by molar-refractivity contribution is 5.97. The number of nitrogens with zero attached hydrogens (tertiary/aromatic N) is 6. The number of furan rings is 1. The zero-order chi connectivity index (χ0) is 23.1. The van der Waals surface area contributed by atoms with Gasteiger partial charge in [-0.25, -0.2) is 14.6 Å². The van der Waals surface area contributed by atoms with Crippen LogP contribution in [0.15, 0.2) is 40.8 Å². The first kappa shape index (κ1) is 21.0. The number of piperazine rings is 1. The maximum absolute atomic E-state index is 13.1. The van der Waals surface area contributed by atoms with Crippen molar-refractivity contribution in [1.29, 1.82) is 0 Å². The Balaban J connectivity index is 1.32. The van der Waals surface area contributed by atoms with Gasteiger partial charge in [0, 0.05) is 43.3 Å². The lowest BCUT2D eigenvalue weighted by atomic mass is 10.2. The lowest BCUT2D eigenvalue weighted by molar-refractivity contribution is 0.0716. The van der Waals surface area contributed by atoms with E-state index in [1.54, 1.807) is 13.2 Å². The van der Waals surface area contributed by atoms with Crippen molar-refractivity contribution in [3.63, 3.8) is 0 Å². The fraction of sp³-hybridized carbons (Fsp3) is 0.333. The van der Waals surface area contributed by atoms with Gasteiger partial charge in [0.05, 0.1) is 12.8 Å². The van der Waals surface area contributed by atoms with Crippen LogP contribution in [-0.4, -0.2) is 63.8 Å². The highest BCUT2D eigenvalue weighted by Gasteiger charge is 2.26. The van der Waals surface area contributed by atoms with E-state index in [4.69, 9.17) is 9.15 Å². The van der Waals surface area contributed by atoms with Crippen molar-refractivity contribution < 1.29 is 13.9 Å². The average molecular weight is 447 g/mol. The molecule has 3 aromatic heterocycles. The summed E-state index contributed by atoms with van der Waals surface area (Å²) in [5.41, 5.74) is 2.56. The molecule has 9 nitrogen and oxygen atoms in total. The number of carbonyl (C=O) groups excluding carboxylic acids is 1. The second-order valence-electron chi connectivity index (χ2n) is 8.24. The number of methoxy groups -OCH3 is 1. The number of hydrogen-bond donors (Lipinski definition) is 0. The van der Waals surface area contributed by atoms with Crippen LogP contribution >= 0.6 is 0 Å². The third-order valence-electron chi connectivity index (χ3n) is 5.87. The number of aryl methyl sites for hydroxylation is 3. The predicted molar refractivity (Wildman–Crippen MR) is 124 cm³/mol. The molecule has 9 heteroatoms. The summed E-state index contributed by atoms with van der Waals surface area (Å²) < 4.78 is 13.0. The van der Waals surface area contributed by atoms with Crippen LogP contribution in [0.25, 0.3) is 16.8 Å². The van der Waals surface area contributed by atoms with Gasteiger partial charge >= 0.3 is 0 Å². The van der Waals surface area contributed by atoms with Crippen molar-refractivity contribution in [1.82, 2.24) is 24.6 Å². The van der Waals surface area contributed by atoms with Gasteiger partial charge in [0.15, 0.2) is 22.9 Å². The van der Waals surface area contributed by atoms with Crippen molar-refractivity contribution in [3.8, 4) is 11.6 Å². The van der Waals surface area contributed by atoms with Crippen LogP contribution in [0.3, 0.4) is 0 Å². The zero-order valence-electron chi connectivity index (χ0n) is 19.2. The van der Waals surface area contributed by atoms with Gasteiger partial charge in [0.2, 0.25) is 0 Å². The number of para-hydroxylation sites is 1. The molecule has 1 aliphatic rings. The number of fused-ring (bicyclic) bond motifs is 1. The molecule has 33 heavy (non-hydrogen) atoms. The van der Waals surface area contributed by atoms with Gasteiger partial charge in [0.1, 0.15) is 11.6 Å². The highest BCUT2D eigenvalue weighted by Crippen LogP contribution is 2.29. The van der Waals surface area contributed by atoms with E-state index in [-0.39, 0.29) is 5.91 Å². The highest BCUT2D eigenvalue weighted by atomic mass is 16.5. The molecule has 0 bridgehead atoms. The molecular formula is C24H26N6O3. The number of ether oxygens (including phenoxy) is 1. The second-order valence-corrected chi connectivity index (χ2v) is 8.24. The summed E-state index contributed by atoms with van der Waals surface area (Å²) in [7, 11) is 1.59. The molecule has 0 aliphatic carbocycles. The van der Waals surface area contributed by atoms with E-state index < -0.39 is 0 Å². The average Bonchev–Trinajstić information content (AvgIpc) is 3.40. The van der Waals surface area contributed by atoms with Crippen LogP contribution in [0, 0.1) is 20.8 Å². The Hall–Kier alpha value is -3.88. The van der Waals surface area contributed by atoms with Gasteiger partial charge in [-0.15, -0.1) is 0 Å². The Morgan fingerprint density at radius 2 is 1.76 bits per heavy atom. The maximum Gasteiger partial charge on any atom is 0.289 e. The summed E-state index contributed by atoms with van der Waals surface area (Å²) in [6.45, 7) is 8.34. The fourth-order valence-electron chi connectivity index (χ4n) is 4.26. The lowest BCUT2D eigenvalue weighted by Gasteiger charge is -2.35. The van der Waals surface area contributed by atoms with E-state index in [2.05, 4.69) is 20.0 Å². The summed E-state index contributed by atoms with van der Waals surface area (Å²) in [4.78, 5) is 26.3. The third-order valence-corrected chi connectivity index (χ3v) is 5.87. The molecule has 4 heterocycles. The number of carbonyl (C=O) groups is 1. The second kappa shape index (κ2) is 8.23. The largest absolute Gasteiger partial charge is 0.493 e. The molecule has 1 aromatic carbocycles. The molecule has 0 unspecified atom stereocenters. The molecule has 0 radical (unpaired) electrons. The van der Waals surface area contributed by atoms with Crippen molar-refractivity contribution in [2.24, 2.45) is 0 Å². The molecule has 4 aromatic rings. The Morgan fingerprint density at radius 3 is 2.45 bits per heavy atom. The summed E-state index contributed by atoms with van der Waals surface area (Å²) in [5, 5.41) is 5.39. The number of benzene rings is 1. The van der Waals surface area contributed by atoms with E-state index in [0.717, 1.165) is 28.4 Å². The number of anilines is 1. The first-order valence-electron chi connectivity index (χ1n) is 10.9. The standard InChI is InChI=1S/C24H26N6O3/c1-15-12-16(2)30(27-15)22-14-21(25-17(3)26-22)28-8-10-29(11-9-28)24(31)20-13-18-6-5-7-19(32-4)23(18)33-20/h5-7,12-14H,8-11H2,1-4H3. The summed E-state index contributed by atoms with van der Waals surface area (Å²) in [6, 6.07) is 11.4. The summed E-state index contributed by atoms with van der Waals surface area (Å²) in [6.07, 6.45) is 0. The van der Waals surface area contributed by atoms with Gasteiger partial charge in [-0.1, -0.05) is 12.1 Å². The van der Waals surface area contributed by atoms with Gasteiger partial charge in [-0.3, -0.25) is 4.79 Å². The normalized spacial score (nSPS) is 14.2. The van der Waals surface area contributed by atoms with Crippen LogP contribution in [0.2, 0.25) is 0 Å². The first-order valence-corrected chi connectivity index (χ1v) is 10.9. The molecule has 1 aliphatic heterocycles. The van der Waals surface area contributed by atoms with E-state index in [1.165, 1.54) is 0 Å². The molecule has 170 valence electrons. The molecule has 5 rings (SSSR count). The van der Waals surface area contributed by atoms with Crippen molar-refractivity contribution in [3.05, 3.63) is 59.4 Å². The molecule has 0 atom stereocenters. The van der Waals surface area contributed by atoms with Crippen LogP contribution in [-0.2, 0) is 0 Å². The minimum atomic E-state index is -0.116. The first-order chi connectivity index (χ1) is 15.9. The topological polar surface area (TPSA) is 89.5 Å². The molecule has 0 saturated carbocycles. The lowest BCUT2D eigenvalue weighted by Crippen LogP contribution is -2.49. The van der Waals surface area contributed by atoms with Gasteiger partial charge in [0.25, 0.3) is 5.91 Å². The molecule has 0 N–H and O–H groups in total. The molecule has 1 saturated heterocycles. The Morgan fingerprint density at radius 1 is 1.00 bits per heavy atom. The maximum atomic E-state index is 13.1. The Kier molecular flexibility index (Phi) is 5.24. The van der Waals surface area contributed by atoms with Crippen LogP contribution in [0.1, 0.15) is 27.8 Å². The quantitative estimate of drug-likeness (QED) is 0.475. The minimum absolute atomic E-state index is 0.116. The van der Waals surface area contributed by atoms with E-state index >= 15 is 0 Å². The van der Waals surface area contributed by atoms with Crippen LogP contribution in [0.4, 0.5) is 5.82 Å². The summed E-state index contributed by atoms with van der Waals surface area (Å²) >= 11 is 0. The van der Waals surface area contributed by atoms with Crippen molar-refractivity contribution in [2.45, 2.75) is 20.8 Å². The minimum Gasteiger partial charge on any atom is -0.493 e. The molecule has 0 spiro atoms. The third kappa shape index (κ3) is 3.90. The fourth-order valence-corrected chi connectivity index (χ4v) is 4.26. The van der Waals surface area contributed by atoms with Crippen molar-refractivity contribution >= 4 is 22.7 Å². The van der Waals surface area contributed by atoms with E-state index in [1.807, 2.05) is 60.7 Å². The molecule has 1 fully saturated rings. The molecular weight excluding hydrogens is 420 g/mol. The number of rotatable bonds is 4. The van der Waals surface area contributed by atoms with Gasteiger partial charge < -0.3 is 19.0 Å². The monoisotopic (exact) mass is 446 g/mol. The number of amides is 1. The Bertz CT molecular complexity index is 1330. The SMILES string of the molecule is COc1cccc2cc(C(=O)N3CCN(c4cc(-n5nc(C)cc5C)nc(C)n4)CC3)oc12. The predicted octanol–water partition coefficient (Wildman–Crippen LogP) is 3.30. The zero-order valence-corrected chi connectivity index (χ0v) is 19.2. The Labute approximate surface area is 191 Å². The van der Waals surface area contributed by atoms with Crippen LogP contribution in [0.5, 0.6) is 5.75 Å². The van der Waals surface area contributed by atoms with E-state index in [9.17, 15) is 4.79 Å². The van der Waals surface area contributed by atoms with Crippen molar-refractivity contribution in [2.75, 3.05) is 38.2 Å². The van der Waals surface area contributed by atoms with Crippen LogP contribution < -0.4 is 9.64 Å². The number of hydrogen-bond acceptors (Lipinski definition) is 7. The van der Waals surface area contributed by atoms with E-state index in [0.29, 0.717) is 49.1 Å². The summed E-state index contributed by atoms with van der Waals surface area (Å²) in [5.74, 6) is 3.10. The van der Waals surface area contributed by atoms with Gasteiger partial charge in [-0.2, -0.15) is 5.10 Å². The molecule has 1 amide bonds. The van der Waals surface area contributed by atoms with Gasteiger partial charge in [-0.05, 0) is 39.0 Å². The number of aromatic nitrogens is 4. The smallest absolute Gasteiger partial charge is 0.289 e.